The Hall–Kier alpha value is -2.72. The van der Waals surface area contributed by atoms with Crippen molar-refractivity contribution in [2.24, 2.45) is 0 Å². The molecule has 0 aromatic heterocycles. The molecule has 3 aromatic rings. The molecule has 0 spiro atoms. The van der Waals surface area contributed by atoms with E-state index in [0.717, 1.165) is 22.1 Å². The summed E-state index contributed by atoms with van der Waals surface area (Å²) in [4.78, 5) is 0. The molecule has 2 N–H and O–H groups in total. The van der Waals surface area contributed by atoms with E-state index in [1.165, 1.54) is 7.11 Å². The molecule has 0 saturated carbocycles. The smallest absolute Gasteiger partial charge is 0.168 e. The highest BCUT2D eigenvalue weighted by molar-refractivity contribution is 6.08. The third-order valence-corrected chi connectivity index (χ3v) is 5.21. The summed E-state index contributed by atoms with van der Waals surface area (Å²) in [6, 6.07) is 13.3. The van der Waals surface area contributed by atoms with Gasteiger partial charge in [-0.05, 0) is 23.4 Å². The van der Waals surface area contributed by atoms with E-state index in [1.807, 2.05) is 49.4 Å². The van der Waals surface area contributed by atoms with Crippen molar-refractivity contribution in [1.82, 2.24) is 0 Å². The maximum absolute atomic E-state index is 11.6. The summed E-state index contributed by atoms with van der Waals surface area (Å²) in [5.74, 6) is 1.06. The van der Waals surface area contributed by atoms with Crippen molar-refractivity contribution in [3.63, 3.8) is 0 Å². The molecule has 25 heavy (non-hydrogen) atoms. The molecule has 0 aliphatic heterocycles. The number of aliphatic hydroxyl groups is 1. The van der Waals surface area contributed by atoms with E-state index in [4.69, 9.17) is 9.47 Å². The number of hydrogen-bond acceptors (Lipinski definition) is 4. The van der Waals surface area contributed by atoms with Gasteiger partial charge in [-0.3, -0.25) is 0 Å². The fourth-order valence-corrected chi connectivity index (χ4v) is 4.06. The van der Waals surface area contributed by atoms with Crippen LogP contribution < -0.4 is 9.47 Å². The number of fused-ring (bicyclic) bond motifs is 5. The first-order chi connectivity index (χ1) is 12.1. The molecule has 0 heterocycles. The Labute approximate surface area is 146 Å². The molecule has 4 nitrogen and oxygen atoms in total. The number of phenols is 1. The Morgan fingerprint density at radius 3 is 2.28 bits per heavy atom. The van der Waals surface area contributed by atoms with Gasteiger partial charge in [0, 0.05) is 22.1 Å². The molecule has 0 bridgehead atoms. The van der Waals surface area contributed by atoms with Crippen molar-refractivity contribution in [1.29, 1.82) is 0 Å². The van der Waals surface area contributed by atoms with Crippen molar-refractivity contribution >= 4 is 10.8 Å². The van der Waals surface area contributed by atoms with Crippen LogP contribution in [0.5, 0.6) is 17.2 Å². The van der Waals surface area contributed by atoms with Gasteiger partial charge in [0.2, 0.25) is 0 Å². The lowest BCUT2D eigenvalue weighted by molar-refractivity contribution is 0.0781. The van der Waals surface area contributed by atoms with Crippen LogP contribution in [-0.4, -0.2) is 24.4 Å². The second kappa shape index (κ2) is 5.39. The third-order valence-electron chi connectivity index (χ3n) is 5.21. The summed E-state index contributed by atoms with van der Waals surface area (Å²) in [6.07, 6.45) is 0.453. The summed E-state index contributed by atoms with van der Waals surface area (Å²) in [6.45, 7) is 1.92. The highest BCUT2D eigenvalue weighted by Crippen LogP contribution is 2.60. The monoisotopic (exact) mass is 336 g/mol. The zero-order valence-corrected chi connectivity index (χ0v) is 14.5. The van der Waals surface area contributed by atoms with Crippen molar-refractivity contribution in [3.05, 3.63) is 53.6 Å². The van der Waals surface area contributed by atoms with Crippen molar-refractivity contribution in [2.45, 2.75) is 18.9 Å². The number of phenolic OH excluding ortho intramolecular Hbond substituents is 1. The molecule has 0 fully saturated rings. The van der Waals surface area contributed by atoms with E-state index in [9.17, 15) is 10.2 Å². The number of hydrogen-bond donors (Lipinski definition) is 2. The second-order valence-electron chi connectivity index (χ2n) is 6.27. The summed E-state index contributed by atoms with van der Waals surface area (Å²) in [5.41, 5.74) is 1.86. The Morgan fingerprint density at radius 1 is 0.920 bits per heavy atom. The van der Waals surface area contributed by atoms with E-state index in [1.54, 1.807) is 7.11 Å². The number of aromatic hydroxyl groups is 1. The van der Waals surface area contributed by atoms with Gasteiger partial charge in [0.25, 0.3) is 0 Å². The molecule has 1 aliphatic rings. The molecule has 1 unspecified atom stereocenters. The lowest BCUT2D eigenvalue weighted by Gasteiger charge is -2.26. The summed E-state index contributed by atoms with van der Waals surface area (Å²) < 4.78 is 11.1. The Balaban J connectivity index is 2.29. The highest BCUT2D eigenvalue weighted by Gasteiger charge is 2.46. The highest BCUT2D eigenvalue weighted by atomic mass is 16.5. The Bertz CT molecular complexity index is 993. The second-order valence-corrected chi connectivity index (χ2v) is 6.27. The summed E-state index contributed by atoms with van der Waals surface area (Å²) in [7, 11) is 3.14. The van der Waals surface area contributed by atoms with E-state index >= 15 is 0 Å². The van der Waals surface area contributed by atoms with Crippen LogP contribution in [0.1, 0.15) is 24.5 Å². The molecule has 1 aliphatic carbocycles. The van der Waals surface area contributed by atoms with Gasteiger partial charge in [0.15, 0.2) is 11.5 Å². The van der Waals surface area contributed by atoms with Gasteiger partial charge in [0.05, 0.1) is 14.2 Å². The zero-order chi connectivity index (χ0) is 17.8. The van der Waals surface area contributed by atoms with E-state index < -0.39 is 5.60 Å². The molecule has 4 rings (SSSR count). The van der Waals surface area contributed by atoms with Gasteiger partial charge in [-0.15, -0.1) is 0 Å². The van der Waals surface area contributed by atoms with E-state index in [2.05, 4.69) is 0 Å². The van der Waals surface area contributed by atoms with Gasteiger partial charge >= 0.3 is 0 Å². The molecule has 0 amide bonds. The minimum atomic E-state index is -1.24. The van der Waals surface area contributed by atoms with Crippen molar-refractivity contribution in [3.8, 4) is 28.4 Å². The first-order valence-electron chi connectivity index (χ1n) is 8.30. The van der Waals surface area contributed by atoms with Gasteiger partial charge in [-0.25, -0.2) is 0 Å². The number of ether oxygens (including phenoxy) is 2. The summed E-state index contributed by atoms with van der Waals surface area (Å²) >= 11 is 0. The van der Waals surface area contributed by atoms with Crippen LogP contribution in [0.25, 0.3) is 21.9 Å². The van der Waals surface area contributed by atoms with Crippen LogP contribution in [0.3, 0.4) is 0 Å². The molecule has 4 heteroatoms. The molecular weight excluding hydrogens is 316 g/mol. The Kier molecular flexibility index (Phi) is 3.41. The molecule has 0 saturated heterocycles. The first-order valence-corrected chi connectivity index (χ1v) is 8.30. The number of methoxy groups -OCH3 is 2. The van der Waals surface area contributed by atoms with Crippen LogP contribution >= 0.6 is 0 Å². The van der Waals surface area contributed by atoms with E-state index in [0.29, 0.717) is 28.9 Å². The SMILES string of the molecule is CCC1(O)c2cccc(OC)c2-c2c1c(OC)c(O)c1ccccc21. The van der Waals surface area contributed by atoms with Crippen LogP contribution in [0.2, 0.25) is 0 Å². The average Bonchev–Trinajstić information content (AvgIpc) is 2.92. The largest absolute Gasteiger partial charge is 0.504 e. The quantitative estimate of drug-likeness (QED) is 0.753. The molecule has 1 atom stereocenters. The van der Waals surface area contributed by atoms with Crippen LogP contribution in [0, 0.1) is 0 Å². The zero-order valence-electron chi connectivity index (χ0n) is 14.5. The van der Waals surface area contributed by atoms with Gasteiger partial charge in [0.1, 0.15) is 11.4 Å². The molecule has 0 radical (unpaired) electrons. The lowest BCUT2D eigenvalue weighted by Crippen LogP contribution is -2.24. The van der Waals surface area contributed by atoms with E-state index in [-0.39, 0.29) is 5.75 Å². The van der Waals surface area contributed by atoms with Gasteiger partial charge < -0.3 is 19.7 Å². The number of rotatable bonds is 3. The fourth-order valence-electron chi connectivity index (χ4n) is 4.06. The van der Waals surface area contributed by atoms with Gasteiger partial charge in [-0.1, -0.05) is 43.3 Å². The molecule has 128 valence electrons. The standard InChI is InChI=1S/C21H20O4/c1-4-21(23)14-10-7-11-15(24-2)17(14)16-12-8-5-6-9-13(12)19(22)20(25-3)18(16)21/h5-11,22-23H,4H2,1-3H3. The lowest BCUT2D eigenvalue weighted by atomic mass is 9.87. The molecular formula is C21H20O4. The minimum Gasteiger partial charge on any atom is -0.504 e. The van der Waals surface area contributed by atoms with Crippen molar-refractivity contribution in [2.75, 3.05) is 14.2 Å². The van der Waals surface area contributed by atoms with Crippen molar-refractivity contribution < 1.29 is 19.7 Å². The van der Waals surface area contributed by atoms with Gasteiger partial charge in [-0.2, -0.15) is 0 Å². The minimum absolute atomic E-state index is 0.0514. The first kappa shape index (κ1) is 15.8. The van der Waals surface area contributed by atoms with Crippen LogP contribution in [-0.2, 0) is 5.60 Å². The topological polar surface area (TPSA) is 58.9 Å². The maximum atomic E-state index is 11.6. The predicted octanol–water partition coefficient (Wildman–Crippen LogP) is 4.19. The summed E-state index contributed by atoms with van der Waals surface area (Å²) in [5, 5.41) is 23.9. The normalized spacial score (nSPS) is 18.1. The van der Waals surface area contributed by atoms with Crippen LogP contribution in [0.4, 0.5) is 0 Å². The number of benzene rings is 3. The third kappa shape index (κ3) is 1.86. The fraction of sp³-hybridized carbons (Fsp3) is 0.238. The predicted molar refractivity (Wildman–Crippen MR) is 97.4 cm³/mol. The van der Waals surface area contributed by atoms with Crippen LogP contribution in [0.15, 0.2) is 42.5 Å². The average molecular weight is 336 g/mol. The molecule has 3 aromatic carbocycles. The Morgan fingerprint density at radius 2 is 1.64 bits per heavy atom. The maximum Gasteiger partial charge on any atom is 0.168 e.